The van der Waals surface area contributed by atoms with Gasteiger partial charge in [0.2, 0.25) is 15.9 Å². The SMILES string of the molecule is CS(=O)(=O)N1CCC(N2CCO[C@H](c3ncc(Cc4ccc(F)cc4)o3)C2)CC1. The molecule has 1 aromatic carbocycles. The number of hydrogen-bond donors (Lipinski definition) is 0. The molecule has 1 atom stereocenters. The van der Waals surface area contributed by atoms with E-state index in [1.54, 1.807) is 22.6 Å². The van der Waals surface area contributed by atoms with E-state index in [0.29, 0.717) is 50.4 Å². The summed E-state index contributed by atoms with van der Waals surface area (Å²) in [5, 5.41) is 0. The van der Waals surface area contributed by atoms with Gasteiger partial charge in [-0.2, -0.15) is 0 Å². The van der Waals surface area contributed by atoms with Crippen molar-refractivity contribution in [3.8, 4) is 0 Å². The van der Waals surface area contributed by atoms with Crippen molar-refractivity contribution in [2.75, 3.05) is 39.0 Å². The Kier molecular flexibility index (Phi) is 6.00. The Hall–Kier alpha value is -1.81. The molecule has 0 bridgehead atoms. The van der Waals surface area contributed by atoms with E-state index in [-0.39, 0.29) is 11.9 Å². The quantitative estimate of drug-likeness (QED) is 0.734. The number of sulfonamides is 1. The van der Waals surface area contributed by atoms with Crippen molar-refractivity contribution in [3.63, 3.8) is 0 Å². The summed E-state index contributed by atoms with van der Waals surface area (Å²) in [7, 11) is -3.11. The van der Waals surface area contributed by atoms with Crippen LogP contribution >= 0.6 is 0 Å². The average Bonchev–Trinajstić information content (AvgIpc) is 3.18. The molecule has 29 heavy (non-hydrogen) atoms. The van der Waals surface area contributed by atoms with E-state index in [1.807, 2.05) is 0 Å². The van der Waals surface area contributed by atoms with Crippen LogP contribution in [0, 0.1) is 5.82 Å². The molecule has 0 unspecified atom stereocenters. The number of halogens is 1. The largest absolute Gasteiger partial charge is 0.442 e. The van der Waals surface area contributed by atoms with Crippen molar-refractivity contribution in [1.82, 2.24) is 14.2 Å². The molecule has 0 N–H and O–H groups in total. The fraction of sp³-hybridized carbons (Fsp3) is 0.550. The highest BCUT2D eigenvalue weighted by Gasteiger charge is 2.33. The van der Waals surface area contributed by atoms with Crippen molar-refractivity contribution >= 4 is 10.0 Å². The second kappa shape index (κ2) is 8.51. The zero-order chi connectivity index (χ0) is 20.4. The number of nitrogens with zero attached hydrogens (tertiary/aromatic N) is 3. The molecular formula is C20H26FN3O4S. The smallest absolute Gasteiger partial charge is 0.224 e. The van der Waals surface area contributed by atoms with E-state index in [1.165, 1.54) is 18.4 Å². The van der Waals surface area contributed by atoms with E-state index in [0.717, 1.165) is 24.9 Å². The van der Waals surface area contributed by atoms with Crippen molar-refractivity contribution in [2.24, 2.45) is 0 Å². The predicted molar refractivity (Wildman–Crippen MR) is 105 cm³/mol. The summed E-state index contributed by atoms with van der Waals surface area (Å²) in [5.41, 5.74) is 0.956. The first-order valence-corrected chi connectivity index (χ1v) is 11.7. The standard InChI is InChI=1S/C20H26FN3O4S/c1-29(25,26)24-8-6-17(7-9-24)23-10-11-27-19(14-23)20-22-13-18(28-20)12-15-2-4-16(21)5-3-15/h2-5,13,17,19H,6-12,14H2,1H3/t19-/m0/s1. The minimum atomic E-state index is -3.11. The summed E-state index contributed by atoms with van der Waals surface area (Å²) in [6.45, 7) is 3.22. The van der Waals surface area contributed by atoms with E-state index in [9.17, 15) is 12.8 Å². The van der Waals surface area contributed by atoms with Crippen LogP contribution in [0.4, 0.5) is 4.39 Å². The average molecular weight is 424 g/mol. The molecule has 0 amide bonds. The second-order valence-electron chi connectivity index (χ2n) is 7.72. The normalized spacial score (nSPS) is 22.8. The molecule has 0 saturated carbocycles. The molecule has 2 saturated heterocycles. The van der Waals surface area contributed by atoms with Crippen LogP contribution < -0.4 is 0 Å². The van der Waals surface area contributed by atoms with Crippen LogP contribution in [0.15, 0.2) is 34.9 Å². The summed E-state index contributed by atoms with van der Waals surface area (Å²) in [4.78, 5) is 6.76. The molecule has 9 heteroatoms. The summed E-state index contributed by atoms with van der Waals surface area (Å²) in [6.07, 6.45) is 4.92. The third kappa shape index (κ3) is 5.03. The number of aromatic nitrogens is 1. The van der Waals surface area contributed by atoms with E-state index in [2.05, 4.69) is 9.88 Å². The third-order valence-electron chi connectivity index (χ3n) is 5.65. The molecule has 3 heterocycles. The molecule has 4 rings (SSSR count). The van der Waals surface area contributed by atoms with Crippen molar-refractivity contribution < 1.29 is 22.0 Å². The van der Waals surface area contributed by atoms with Gasteiger partial charge < -0.3 is 9.15 Å². The van der Waals surface area contributed by atoms with Gasteiger partial charge in [0.25, 0.3) is 0 Å². The molecule has 1 aromatic heterocycles. The number of hydrogen-bond acceptors (Lipinski definition) is 6. The Bertz CT molecular complexity index is 923. The van der Waals surface area contributed by atoms with Gasteiger partial charge in [-0.15, -0.1) is 0 Å². The molecule has 0 spiro atoms. The van der Waals surface area contributed by atoms with E-state index in [4.69, 9.17) is 9.15 Å². The van der Waals surface area contributed by atoms with Crippen LogP contribution in [0.5, 0.6) is 0 Å². The lowest BCUT2D eigenvalue weighted by Crippen LogP contribution is -2.50. The van der Waals surface area contributed by atoms with Crippen LogP contribution in [-0.2, 0) is 21.2 Å². The molecule has 2 aliphatic rings. The number of oxazole rings is 1. The highest BCUT2D eigenvalue weighted by Crippen LogP contribution is 2.27. The van der Waals surface area contributed by atoms with Crippen molar-refractivity contribution in [3.05, 3.63) is 53.5 Å². The predicted octanol–water partition coefficient (Wildman–Crippen LogP) is 2.20. The first-order chi connectivity index (χ1) is 13.9. The lowest BCUT2D eigenvalue weighted by Gasteiger charge is -2.41. The molecule has 0 radical (unpaired) electrons. The summed E-state index contributed by atoms with van der Waals surface area (Å²) >= 11 is 0. The Morgan fingerprint density at radius 2 is 1.90 bits per heavy atom. The lowest BCUT2D eigenvalue weighted by molar-refractivity contribution is -0.0619. The molecule has 2 aliphatic heterocycles. The summed E-state index contributed by atoms with van der Waals surface area (Å²) < 4.78 is 49.8. The van der Waals surface area contributed by atoms with Crippen LogP contribution in [-0.4, -0.2) is 67.7 Å². The van der Waals surface area contributed by atoms with Crippen molar-refractivity contribution in [2.45, 2.75) is 31.4 Å². The molecular weight excluding hydrogens is 397 g/mol. The maximum atomic E-state index is 13.1. The van der Waals surface area contributed by atoms with Gasteiger partial charge in [-0.25, -0.2) is 22.1 Å². The Morgan fingerprint density at radius 3 is 2.59 bits per heavy atom. The maximum absolute atomic E-state index is 13.1. The van der Waals surface area contributed by atoms with E-state index >= 15 is 0 Å². The van der Waals surface area contributed by atoms with Crippen LogP contribution in [0.2, 0.25) is 0 Å². The van der Waals surface area contributed by atoms with Gasteiger partial charge in [-0.05, 0) is 30.5 Å². The fourth-order valence-corrected chi connectivity index (χ4v) is 4.92. The Morgan fingerprint density at radius 1 is 1.17 bits per heavy atom. The van der Waals surface area contributed by atoms with Crippen LogP contribution in [0.1, 0.15) is 36.2 Å². The molecule has 0 aliphatic carbocycles. The number of benzene rings is 1. The molecule has 158 valence electrons. The van der Waals surface area contributed by atoms with Gasteiger partial charge in [-0.1, -0.05) is 12.1 Å². The van der Waals surface area contributed by atoms with Crippen LogP contribution in [0.3, 0.4) is 0 Å². The topological polar surface area (TPSA) is 75.9 Å². The molecule has 2 fully saturated rings. The highest BCUT2D eigenvalue weighted by molar-refractivity contribution is 7.88. The molecule has 2 aromatic rings. The van der Waals surface area contributed by atoms with Gasteiger partial charge >= 0.3 is 0 Å². The first kappa shape index (κ1) is 20.5. The third-order valence-corrected chi connectivity index (χ3v) is 6.95. The Labute approximate surface area is 170 Å². The minimum Gasteiger partial charge on any atom is -0.442 e. The number of rotatable bonds is 5. The highest BCUT2D eigenvalue weighted by atomic mass is 32.2. The van der Waals surface area contributed by atoms with Crippen molar-refractivity contribution in [1.29, 1.82) is 0 Å². The summed E-state index contributed by atoms with van der Waals surface area (Å²) in [5.74, 6) is 1.01. The van der Waals surface area contributed by atoms with Gasteiger partial charge in [0.1, 0.15) is 17.7 Å². The van der Waals surface area contributed by atoms with Gasteiger partial charge in [-0.3, -0.25) is 4.90 Å². The maximum Gasteiger partial charge on any atom is 0.224 e. The first-order valence-electron chi connectivity index (χ1n) is 9.88. The monoisotopic (exact) mass is 423 g/mol. The molecule has 7 nitrogen and oxygen atoms in total. The number of ether oxygens (including phenoxy) is 1. The lowest BCUT2D eigenvalue weighted by atomic mass is 10.0. The zero-order valence-corrected chi connectivity index (χ0v) is 17.3. The van der Waals surface area contributed by atoms with Crippen LogP contribution in [0.25, 0.3) is 0 Å². The second-order valence-corrected chi connectivity index (χ2v) is 9.70. The summed E-state index contributed by atoms with van der Waals surface area (Å²) in [6, 6.07) is 6.68. The van der Waals surface area contributed by atoms with E-state index < -0.39 is 10.0 Å². The zero-order valence-electron chi connectivity index (χ0n) is 16.5. The van der Waals surface area contributed by atoms with Gasteiger partial charge in [0, 0.05) is 38.6 Å². The minimum absolute atomic E-state index is 0.237. The fourth-order valence-electron chi connectivity index (χ4n) is 4.05. The number of piperidine rings is 1. The van der Waals surface area contributed by atoms with Gasteiger partial charge in [0.15, 0.2) is 0 Å². The Balaban J connectivity index is 1.35. The van der Waals surface area contributed by atoms with Gasteiger partial charge in [0.05, 0.1) is 19.1 Å². The number of morpholine rings is 1.